The second-order valence-corrected chi connectivity index (χ2v) is 5.19. The second kappa shape index (κ2) is 6.00. The SMILES string of the molecule is CN(C)CCN(C(=O)n1ccnc1)C1CCCC1. The van der Waals surface area contributed by atoms with Gasteiger partial charge in [-0.1, -0.05) is 12.8 Å². The second-order valence-electron chi connectivity index (χ2n) is 5.19. The highest BCUT2D eigenvalue weighted by atomic mass is 16.2. The van der Waals surface area contributed by atoms with Crippen molar-refractivity contribution in [2.45, 2.75) is 31.7 Å². The molecule has 1 aromatic heterocycles. The third-order valence-electron chi connectivity index (χ3n) is 3.52. The van der Waals surface area contributed by atoms with E-state index in [1.165, 1.54) is 12.8 Å². The Morgan fingerprint density at radius 1 is 1.33 bits per heavy atom. The number of aromatic nitrogens is 2. The van der Waals surface area contributed by atoms with Crippen LogP contribution in [0.1, 0.15) is 25.7 Å². The zero-order valence-electron chi connectivity index (χ0n) is 11.2. The maximum atomic E-state index is 12.4. The van der Waals surface area contributed by atoms with E-state index in [0.717, 1.165) is 25.9 Å². The summed E-state index contributed by atoms with van der Waals surface area (Å²) in [5.74, 6) is 0. The number of rotatable bonds is 4. The largest absolute Gasteiger partial charge is 0.329 e. The van der Waals surface area contributed by atoms with Crippen LogP contribution in [-0.4, -0.2) is 58.6 Å². The molecule has 1 aliphatic carbocycles. The smallest absolute Gasteiger partial charge is 0.320 e. The first-order valence-corrected chi connectivity index (χ1v) is 6.62. The molecule has 0 saturated heterocycles. The molecule has 1 saturated carbocycles. The lowest BCUT2D eigenvalue weighted by atomic mass is 10.2. The Balaban J connectivity index is 2.05. The monoisotopic (exact) mass is 250 g/mol. The lowest BCUT2D eigenvalue weighted by Gasteiger charge is -2.30. The van der Waals surface area contributed by atoms with Crippen LogP contribution < -0.4 is 0 Å². The molecule has 100 valence electrons. The van der Waals surface area contributed by atoms with E-state index in [2.05, 4.69) is 9.88 Å². The summed E-state index contributed by atoms with van der Waals surface area (Å²) in [6.07, 6.45) is 9.69. The van der Waals surface area contributed by atoms with E-state index in [4.69, 9.17) is 0 Å². The molecule has 0 atom stereocenters. The van der Waals surface area contributed by atoms with Crippen LogP contribution in [0, 0.1) is 0 Å². The van der Waals surface area contributed by atoms with Crippen molar-refractivity contribution < 1.29 is 4.79 Å². The molecule has 0 aliphatic heterocycles. The fraction of sp³-hybridized carbons (Fsp3) is 0.692. The number of amides is 1. The van der Waals surface area contributed by atoms with Crippen LogP contribution in [-0.2, 0) is 0 Å². The summed E-state index contributed by atoms with van der Waals surface area (Å²) in [5.41, 5.74) is 0. The van der Waals surface area contributed by atoms with Gasteiger partial charge in [-0.25, -0.2) is 9.78 Å². The highest BCUT2D eigenvalue weighted by Crippen LogP contribution is 2.24. The quantitative estimate of drug-likeness (QED) is 0.816. The Morgan fingerprint density at radius 3 is 2.61 bits per heavy atom. The lowest BCUT2D eigenvalue weighted by Crippen LogP contribution is -2.44. The maximum absolute atomic E-state index is 12.4. The van der Waals surface area contributed by atoms with E-state index in [-0.39, 0.29) is 6.03 Å². The van der Waals surface area contributed by atoms with Crippen LogP contribution >= 0.6 is 0 Å². The van der Waals surface area contributed by atoms with Crippen molar-refractivity contribution in [1.82, 2.24) is 19.4 Å². The van der Waals surface area contributed by atoms with Crippen molar-refractivity contribution in [2.75, 3.05) is 27.2 Å². The van der Waals surface area contributed by atoms with Crippen LogP contribution in [0.15, 0.2) is 18.7 Å². The standard InChI is InChI=1S/C13H22N4O/c1-15(2)9-10-17(12-5-3-4-6-12)13(18)16-8-7-14-11-16/h7-8,11-12H,3-6,9-10H2,1-2H3. The van der Waals surface area contributed by atoms with Gasteiger partial charge in [-0.05, 0) is 26.9 Å². The summed E-state index contributed by atoms with van der Waals surface area (Å²) in [7, 11) is 4.07. The average Bonchev–Trinajstić information content (AvgIpc) is 3.01. The van der Waals surface area contributed by atoms with Crippen LogP contribution in [0.3, 0.4) is 0 Å². The number of hydrogen-bond donors (Lipinski definition) is 0. The minimum atomic E-state index is 0.0567. The number of carbonyl (C=O) groups is 1. The van der Waals surface area contributed by atoms with Crippen molar-refractivity contribution >= 4 is 6.03 Å². The molecule has 5 nitrogen and oxygen atoms in total. The molecule has 0 bridgehead atoms. The number of hydrogen-bond acceptors (Lipinski definition) is 3. The first-order chi connectivity index (χ1) is 8.68. The molecule has 1 amide bonds. The third-order valence-corrected chi connectivity index (χ3v) is 3.52. The number of imidazole rings is 1. The summed E-state index contributed by atoms with van der Waals surface area (Å²) in [6, 6.07) is 0.459. The zero-order valence-corrected chi connectivity index (χ0v) is 11.2. The van der Waals surface area contributed by atoms with Crippen molar-refractivity contribution in [3.63, 3.8) is 0 Å². The minimum Gasteiger partial charge on any atom is -0.320 e. The predicted molar refractivity (Wildman–Crippen MR) is 70.5 cm³/mol. The fourth-order valence-corrected chi connectivity index (χ4v) is 2.48. The molecule has 2 rings (SSSR count). The van der Waals surface area contributed by atoms with Gasteiger partial charge in [-0.3, -0.25) is 4.57 Å². The van der Waals surface area contributed by atoms with Crippen LogP contribution in [0.5, 0.6) is 0 Å². The normalized spacial score (nSPS) is 16.4. The van der Waals surface area contributed by atoms with Gasteiger partial charge in [-0.15, -0.1) is 0 Å². The zero-order chi connectivity index (χ0) is 13.0. The average molecular weight is 250 g/mol. The molecule has 0 radical (unpaired) electrons. The Hall–Kier alpha value is -1.36. The fourth-order valence-electron chi connectivity index (χ4n) is 2.48. The summed E-state index contributed by atoms with van der Waals surface area (Å²) < 4.78 is 1.58. The first kappa shape index (κ1) is 13.1. The molecule has 1 heterocycles. The first-order valence-electron chi connectivity index (χ1n) is 6.62. The van der Waals surface area contributed by atoms with Gasteiger partial charge < -0.3 is 9.80 Å². The van der Waals surface area contributed by atoms with Crippen molar-refractivity contribution in [2.24, 2.45) is 0 Å². The number of carbonyl (C=O) groups excluding carboxylic acids is 1. The molecule has 1 fully saturated rings. The summed E-state index contributed by atoms with van der Waals surface area (Å²) in [4.78, 5) is 20.5. The van der Waals surface area contributed by atoms with Gasteiger partial charge in [0.1, 0.15) is 6.33 Å². The molecule has 0 spiro atoms. The molecular formula is C13H22N4O. The van der Waals surface area contributed by atoms with E-state index in [1.807, 2.05) is 19.0 Å². The van der Waals surface area contributed by atoms with Gasteiger partial charge in [-0.2, -0.15) is 0 Å². The Bertz CT molecular complexity index is 368. The van der Waals surface area contributed by atoms with Crippen LogP contribution in [0.2, 0.25) is 0 Å². The topological polar surface area (TPSA) is 41.4 Å². The van der Waals surface area contributed by atoms with Crippen LogP contribution in [0.4, 0.5) is 4.79 Å². The van der Waals surface area contributed by atoms with Gasteiger partial charge >= 0.3 is 6.03 Å². The molecule has 0 unspecified atom stereocenters. The molecule has 5 heteroatoms. The molecule has 18 heavy (non-hydrogen) atoms. The summed E-state index contributed by atoms with van der Waals surface area (Å²) in [6.45, 7) is 1.69. The molecule has 0 N–H and O–H groups in total. The van der Waals surface area contributed by atoms with Gasteiger partial charge in [0.2, 0.25) is 0 Å². The Labute approximate surface area is 108 Å². The van der Waals surface area contributed by atoms with Gasteiger partial charge in [0.15, 0.2) is 0 Å². The summed E-state index contributed by atoms with van der Waals surface area (Å²) >= 11 is 0. The van der Waals surface area contributed by atoms with Gasteiger partial charge in [0.05, 0.1) is 0 Å². The van der Waals surface area contributed by atoms with Crippen molar-refractivity contribution in [3.8, 4) is 0 Å². The molecule has 0 aromatic carbocycles. The Kier molecular flexibility index (Phi) is 4.36. The molecular weight excluding hydrogens is 228 g/mol. The number of likely N-dealkylation sites (N-methyl/N-ethyl adjacent to an activating group) is 1. The Morgan fingerprint density at radius 2 is 2.06 bits per heavy atom. The highest BCUT2D eigenvalue weighted by Gasteiger charge is 2.27. The van der Waals surface area contributed by atoms with Gasteiger partial charge in [0.25, 0.3) is 0 Å². The summed E-state index contributed by atoms with van der Waals surface area (Å²) in [5, 5.41) is 0. The van der Waals surface area contributed by atoms with Gasteiger partial charge in [0, 0.05) is 31.5 Å². The predicted octanol–water partition coefficient (Wildman–Crippen LogP) is 1.66. The van der Waals surface area contributed by atoms with E-state index < -0.39 is 0 Å². The van der Waals surface area contributed by atoms with E-state index >= 15 is 0 Å². The maximum Gasteiger partial charge on any atom is 0.329 e. The van der Waals surface area contributed by atoms with E-state index in [1.54, 1.807) is 23.3 Å². The number of nitrogens with zero attached hydrogens (tertiary/aromatic N) is 4. The minimum absolute atomic E-state index is 0.0567. The van der Waals surface area contributed by atoms with Crippen molar-refractivity contribution in [1.29, 1.82) is 0 Å². The van der Waals surface area contributed by atoms with Crippen LogP contribution in [0.25, 0.3) is 0 Å². The van der Waals surface area contributed by atoms with E-state index in [0.29, 0.717) is 6.04 Å². The highest BCUT2D eigenvalue weighted by molar-refractivity contribution is 5.77. The molecule has 1 aromatic rings. The molecule has 1 aliphatic rings. The lowest BCUT2D eigenvalue weighted by molar-refractivity contribution is 0.169. The van der Waals surface area contributed by atoms with E-state index in [9.17, 15) is 4.79 Å². The third kappa shape index (κ3) is 3.10. The van der Waals surface area contributed by atoms with Crippen molar-refractivity contribution in [3.05, 3.63) is 18.7 Å².